The van der Waals surface area contributed by atoms with Gasteiger partial charge in [-0.3, -0.25) is 14.4 Å². The summed E-state index contributed by atoms with van der Waals surface area (Å²) in [6.45, 7) is 0. The Hall–Kier alpha value is -1.91. The third-order valence-corrected chi connectivity index (χ3v) is 2.59. The van der Waals surface area contributed by atoms with Gasteiger partial charge >= 0.3 is 0 Å². The quantitative estimate of drug-likeness (QED) is 0.412. The van der Waals surface area contributed by atoms with Crippen molar-refractivity contribution in [2.75, 3.05) is 0 Å². The first-order valence-corrected chi connectivity index (χ1v) is 5.08. The molecule has 0 saturated heterocycles. The van der Waals surface area contributed by atoms with Gasteiger partial charge in [0.2, 0.25) is 11.6 Å². The average molecular weight is 218 g/mol. The summed E-state index contributed by atoms with van der Waals surface area (Å²) < 4.78 is 0. The van der Waals surface area contributed by atoms with E-state index in [4.69, 9.17) is 0 Å². The molecule has 1 atom stereocenters. The predicted octanol–water partition coefficient (Wildman–Crippen LogP) is 0.598. The number of ketones is 3. The van der Waals surface area contributed by atoms with Crippen molar-refractivity contribution in [3.63, 3.8) is 0 Å². The van der Waals surface area contributed by atoms with Crippen molar-refractivity contribution in [1.29, 1.82) is 0 Å². The monoisotopic (exact) mass is 218 g/mol. The minimum atomic E-state index is -0.872. The van der Waals surface area contributed by atoms with Gasteiger partial charge in [0.05, 0.1) is 5.92 Å². The van der Waals surface area contributed by atoms with Gasteiger partial charge in [-0.25, -0.2) is 9.97 Å². The Morgan fingerprint density at radius 3 is 2.62 bits per heavy atom. The maximum absolute atomic E-state index is 11.9. The van der Waals surface area contributed by atoms with Crippen LogP contribution in [0.15, 0.2) is 18.5 Å². The molecule has 5 nitrogen and oxygen atoms in total. The Labute approximate surface area is 91.9 Å². The molecule has 1 aromatic heterocycles. The molecule has 1 heterocycles. The minimum Gasteiger partial charge on any atom is -0.291 e. The first-order valence-electron chi connectivity index (χ1n) is 5.08. The van der Waals surface area contributed by atoms with Gasteiger partial charge in [-0.05, 0) is 18.9 Å². The van der Waals surface area contributed by atoms with E-state index >= 15 is 0 Å². The zero-order valence-electron chi connectivity index (χ0n) is 8.55. The van der Waals surface area contributed by atoms with E-state index < -0.39 is 23.3 Å². The second-order valence-corrected chi connectivity index (χ2v) is 3.67. The van der Waals surface area contributed by atoms with E-state index in [1.807, 2.05) is 0 Å². The highest BCUT2D eigenvalue weighted by molar-refractivity contribution is 6.42. The molecule has 0 aliphatic heterocycles. The predicted molar refractivity (Wildman–Crippen MR) is 53.7 cm³/mol. The first-order chi connectivity index (χ1) is 7.70. The molecule has 1 aliphatic carbocycles. The Morgan fingerprint density at radius 2 is 1.94 bits per heavy atom. The van der Waals surface area contributed by atoms with Crippen LogP contribution in [0.1, 0.15) is 29.9 Å². The van der Waals surface area contributed by atoms with Crippen LogP contribution in [0.2, 0.25) is 0 Å². The van der Waals surface area contributed by atoms with Crippen LogP contribution in [-0.2, 0) is 9.59 Å². The van der Waals surface area contributed by atoms with Crippen molar-refractivity contribution in [1.82, 2.24) is 9.97 Å². The smallest absolute Gasteiger partial charge is 0.210 e. The van der Waals surface area contributed by atoms with Gasteiger partial charge in [0.25, 0.3) is 0 Å². The third-order valence-electron chi connectivity index (χ3n) is 2.59. The van der Waals surface area contributed by atoms with Crippen LogP contribution in [0.4, 0.5) is 0 Å². The summed E-state index contributed by atoms with van der Waals surface area (Å²) >= 11 is 0. The molecule has 2 rings (SSSR count). The molecular weight excluding hydrogens is 208 g/mol. The molecule has 0 amide bonds. The molecule has 0 N–H and O–H groups in total. The molecule has 0 spiro atoms. The zero-order valence-corrected chi connectivity index (χ0v) is 8.55. The molecule has 0 aromatic carbocycles. The van der Waals surface area contributed by atoms with Crippen LogP contribution in [0.3, 0.4) is 0 Å². The van der Waals surface area contributed by atoms with Gasteiger partial charge in [0.1, 0.15) is 0 Å². The van der Waals surface area contributed by atoms with Crippen molar-refractivity contribution in [2.24, 2.45) is 5.92 Å². The van der Waals surface area contributed by atoms with E-state index in [-0.39, 0.29) is 12.2 Å². The first kappa shape index (κ1) is 10.6. The lowest BCUT2D eigenvalue weighted by Crippen LogP contribution is -2.34. The summed E-state index contributed by atoms with van der Waals surface area (Å²) in [5.74, 6) is -2.36. The van der Waals surface area contributed by atoms with E-state index in [1.165, 1.54) is 12.4 Å². The fraction of sp³-hybridized carbons (Fsp3) is 0.364. The highest BCUT2D eigenvalue weighted by Gasteiger charge is 2.36. The molecule has 1 saturated carbocycles. The fourth-order valence-corrected chi connectivity index (χ4v) is 1.75. The second-order valence-electron chi connectivity index (χ2n) is 3.67. The van der Waals surface area contributed by atoms with Gasteiger partial charge in [0, 0.05) is 18.8 Å². The molecular formula is C11H10N2O3. The van der Waals surface area contributed by atoms with Crippen molar-refractivity contribution in [3.05, 3.63) is 24.3 Å². The lowest BCUT2D eigenvalue weighted by atomic mass is 9.84. The van der Waals surface area contributed by atoms with Crippen molar-refractivity contribution in [2.45, 2.75) is 19.3 Å². The Kier molecular flexibility index (Phi) is 2.85. The highest BCUT2D eigenvalue weighted by atomic mass is 16.2. The van der Waals surface area contributed by atoms with Crippen LogP contribution in [0.25, 0.3) is 0 Å². The molecule has 0 bridgehead atoms. The van der Waals surface area contributed by atoms with E-state index in [2.05, 4.69) is 9.97 Å². The van der Waals surface area contributed by atoms with Crippen LogP contribution >= 0.6 is 0 Å². The molecule has 1 aliphatic rings. The minimum absolute atomic E-state index is 0.00977. The van der Waals surface area contributed by atoms with Crippen molar-refractivity contribution in [3.8, 4) is 0 Å². The average Bonchev–Trinajstić information content (AvgIpc) is 2.33. The molecule has 82 valence electrons. The topological polar surface area (TPSA) is 77.0 Å². The third kappa shape index (κ3) is 1.88. The standard InChI is InChI=1S/C11H10N2O3/c14-8-4-1-3-7(9(8)15)10(16)11-12-5-2-6-13-11/h2,5-7H,1,3-4H2. The summed E-state index contributed by atoms with van der Waals surface area (Å²) in [7, 11) is 0. The molecule has 1 fully saturated rings. The number of nitrogens with zero attached hydrogens (tertiary/aromatic N) is 2. The Bertz CT molecular complexity index is 442. The number of hydrogen-bond donors (Lipinski definition) is 0. The number of aromatic nitrogens is 2. The maximum atomic E-state index is 11.9. The molecule has 1 aromatic rings. The summed E-state index contributed by atoms with van der Waals surface area (Å²) in [5, 5.41) is 0. The molecule has 16 heavy (non-hydrogen) atoms. The lowest BCUT2D eigenvalue weighted by molar-refractivity contribution is -0.139. The Morgan fingerprint density at radius 1 is 1.25 bits per heavy atom. The second kappa shape index (κ2) is 4.30. The highest BCUT2D eigenvalue weighted by Crippen LogP contribution is 2.21. The van der Waals surface area contributed by atoms with Crippen molar-refractivity contribution < 1.29 is 14.4 Å². The van der Waals surface area contributed by atoms with E-state index in [1.54, 1.807) is 6.07 Å². The molecule has 5 heteroatoms. The molecule has 0 radical (unpaired) electrons. The number of carbonyl (C=O) groups is 3. The molecule has 1 unspecified atom stereocenters. The summed E-state index contributed by atoms with van der Waals surface area (Å²) in [4.78, 5) is 42.1. The van der Waals surface area contributed by atoms with Gasteiger partial charge in [-0.2, -0.15) is 0 Å². The van der Waals surface area contributed by atoms with E-state index in [0.29, 0.717) is 12.8 Å². The summed E-state index contributed by atoms with van der Waals surface area (Å²) in [6.07, 6.45) is 4.12. The number of rotatable bonds is 2. The van der Waals surface area contributed by atoms with Crippen molar-refractivity contribution >= 4 is 17.3 Å². The normalized spacial score (nSPS) is 20.9. The lowest BCUT2D eigenvalue weighted by Gasteiger charge is -2.16. The van der Waals surface area contributed by atoms with Gasteiger partial charge in [-0.15, -0.1) is 0 Å². The Balaban J connectivity index is 2.22. The summed E-state index contributed by atoms with van der Waals surface area (Å²) in [5.41, 5.74) is 0. The number of carbonyl (C=O) groups excluding carboxylic acids is 3. The number of Topliss-reactive ketones (excluding diaryl/α,β-unsaturated/α-hetero) is 3. The zero-order chi connectivity index (χ0) is 11.5. The number of hydrogen-bond acceptors (Lipinski definition) is 5. The van der Waals surface area contributed by atoms with E-state index in [0.717, 1.165) is 0 Å². The maximum Gasteiger partial charge on any atom is 0.210 e. The van der Waals surface area contributed by atoms with Gasteiger partial charge in [0.15, 0.2) is 11.6 Å². The van der Waals surface area contributed by atoms with Gasteiger partial charge in [-0.1, -0.05) is 0 Å². The van der Waals surface area contributed by atoms with Gasteiger partial charge < -0.3 is 0 Å². The van der Waals surface area contributed by atoms with Crippen LogP contribution in [-0.4, -0.2) is 27.3 Å². The van der Waals surface area contributed by atoms with Crippen LogP contribution in [0.5, 0.6) is 0 Å². The summed E-state index contributed by atoms with van der Waals surface area (Å²) in [6, 6.07) is 1.59. The fourth-order valence-electron chi connectivity index (χ4n) is 1.75. The van der Waals surface area contributed by atoms with Crippen LogP contribution < -0.4 is 0 Å². The largest absolute Gasteiger partial charge is 0.291 e. The SMILES string of the molecule is O=C1CCCC(C(=O)c2ncccn2)C1=O. The van der Waals surface area contributed by atoms with Crippen LogP contribution in [0, 0.1) is 5.92 Å². The van der Waals surface area contributed by atoms with E-state index in [9.17, 15) is 14.4 Å².